The van der Waals surface area contributed by atoms with E-state index in [4.69, 9.17) is 37.0 Å². The lowest BCUT2D eigenvalue weighted by Crippen LogP contribution is -2.30. The second-order valence-electron chi connectivity index (χ2n) is 25.7. The fourth-order valence-electron chi connectivity index (χ4n) is 10.6. The molecule has 0 radical (unpaired) electrons. The van der Waals surface area contributed by atoms with Gasteiger partial charge in [-0.25, -0.2) is 9.13 Å². The van der Waals surface area contributed by atoms with Crippen molar-refractivity contribution in [2.24, 2.45) is 5.92 Å². The van der Waals surface area contributed by atoms with Crippen molar-refractivity contribution < 1.29 is 80.2 Å². The molecule has 17 nitrogen and oxygen atoms in total. The van der Waals surface area contributed by atoms with Gasteiger partial charge in [0.1, 0.15) is 19.3 Å². The maximum atomic E-state index is 13.0. The Hall–Kier alpha value is -1.94. The van der Waals surface area contributed by atoms with Gasteiger partial charge in [-0.05, 0) is 31.6 Å². The standard InChI is InChI=1S/C70H136O17P2/c1-6-9-12-15-17-19-21-23-24-25-26-28-32-37-41-46-51-56-70(75)87-66(60-81-68(73)54-49-44-39-35-33-29-30-34-38-43-47-52-63(4)5)62-85-89(78,79)83-58-64(71)57-82-88(76,77)84-61-65(59-80-67(72)53-48-42-14-11-8-3)86-69(74)55-50-45-40-36-31-27-22-20-18-16-13-10-7-2/h63-66,71H,6-62H2,1-5H3,(H,76,77)(H,78,79)/t64-,65+,66+/m0/s1. The highest BCUT2D eigenvalue weighted by Gasteiger charge is 2.30. The zero-order valence-corrected chi connectivity index (χ0v) is 59.4. The average Bonchev–Trinajstić information content (AvgIpc) is 3.62. The first-order chi connectivity index (χ1) is 43.0. The Morgan fingerprint density at radius 3 is 0.764 bits per heavy atom. The van der Waals surface area contributed by atoms with Crippen LogP contribution in [0.4, 0.5) is 0 Å². The van der Waals surface area contributed by atoms with Crippen LogP contribution in [-0.2, 0) is 65.4 Å². The van der Waals surface area contributed by atoms with E-state index in [0.717, 1.165) is 102 Å². The number of hydrogen-bond donors (Lipinski definition) is 3. The van der Waals surface area contributed by atoms with Crippen LogP contribution in [0.2, 0.25) is 0 Å². The maximum Gasteiger partial charge on any atom is 0.472 e. The zero-order valence-electron chi connectivity index (χ0n) is 57.6. The van der Waals surface area contributed by atoms with Crippen LogP contribution in [0.1, 0.15) is 362 Å². The Morgan fingerprint density at radius 1 is 0.303 bits per heavy atom. The largest absolute Gasteiger partial charge is 0.472 e. The molecule has 0 aliphatic rings. The van der Waals surface area contributed by atoms with Crippen molar-refractivity contribution in [3.05, 3.63) is 0 Å². The first kappa shape index (κ1) is 87.1. The molecule has 19 heteroatoms. The van der Waals surface area contributed by atoms with Crippen LogP contribution in [0.5, 0.6) is 0 Å². The number of aliphatic hydroxyl groups is 1. The van der Waals surface area contributed by atoms with Crippen LogP contribution >= 0.6 is 15.6 Å². The molecule has 0 fully saturated rings. The zero-order chi connectivity index (χ0) is 65.6. The van der Waals surface area contributed by atoms with Crippen molar-refractivity contribution in [2.45, 2.75) is 380 Å². The van der Waals surface area contributed by atoms with Crippen LogP contribution in [0, 0.1) is 5.92 Å². The SMILES string of the molecule is CCCCCCCCCCCCCCCCCCCC(=O)O[C@H](COC(=O)CCCCCCCCCCCCCC(C)C)COP(=O)(O)OC[C@@H](O)COP(=O)(O)OC[C@@H](COC(=O)CCCCCCC)OC(=O)CCCCCCCCCCCCCCC. The molecule has 528 valence electrons. The third-order valence-corrected chi connectivity index (χ3v) is 18.2. The Balaban J connectivity index is 5.16. The van der Waals surface area contributed by atoms with E-state index in [2.05, 4.69) is 34.6 Å². The van der Waals surface area contributed by atoms with E-state index in [1.54, 1.807) is 0 Å². The molecular weight excluding hydrogens is 1170 g/mol. The Bertz CT molecular complexity index is 1720. The molecule has 0 spiro atoms. The van der Waals surface area contributed by atoms with Crippen molar-refractivity contribution in [2.75, 3.05) is 39.6 Å². The molecule has 89 heavy (non-hydrogen) atoms. The van der Waals surface area contributed by atoms with Crippen molar-refractivity contribution in [3.63, 3.8) is 0 Å². The Morgan fingerprint density at radius 2 is 0.517 bits per heavy atom. The van der Waals surface area contributed by atoms with Crippen LogP contribution in [-0.4, -0.2) is 96.7 Å². The summed E-state index contributed by atoms with van der Waals surface area (Å²) < 4.78 is 68.1. The third kappa shape index (κ3) is 64.6. The third-order valence-electron chi connectivity index (χ3n) is 16.3. The molecule has 0 bridgehead atoms. The number of esters is 4. The molecule has 0 aliphatic carbocycles. The van der Waals surface area contributed by atoms with Gasteiger partial charge in [-0.3, -0.25) is 37.3 Å². The van der Waals surface area contributed by atoms with E-state index in [-0.39, 0.29) is 25.7 Å². The number of aliphatic hydroxyl groups excluding tert-OH is 1. The predicted octanol–water partition coefficient (Wildman–Crippen LogP) is 20.1. The van der Waals surface area contributed by atoms with Gasteiger partial charge in [0.05, 0.1) is 26.4 Å². The molecule has 2 unspecified atom stereocenters. The van der Waals surface area contributed by atoms with Crippen molar-refractivity contribution >= 4 is 39.5 Å². The van der Waals surface area contributed by atoms with Gasteiger partial charge in [0, 0.05) is 25.7 Å². The fourth-order valence-corrected chi connectivity index (χ4v) is 12.2. The number of carbonyl (C=O) groups excluding carboxylic acids is 4. The second kappa shape index (κ2) is 63.5. The summed E-state index contributed by atoms with van der Waals surface area (Å²) >= 11 is 0. The molecule has 0 saturated heterocycles. The lowest BCUT2D eigenvalue weighted by atomic mass is 10.0. The highest BCUT2D eigenvalue weighted by molar-refractivity contribution is 7.47. The summed E-state index contributed by atoms with van der Waals surface area (Å²) in [5.74, 6) is -1.36. The van der Waals surface area contributed by atoms with Crippen molar-refractivity contribution in [1.82, 2.24) is 0 Å². The fraction of sp³-hybridized carbons (Fsp3) is 0.943. The number of rotatable bonds is 70. The summed E-state index contributed by atoms with van der Waals surface area (Å²) in [6.45, 7) is 7.17. The van der Waals surface area contributed by atoms with Gasteiger partial charge in [0.2, 0.25) is 0 Å². The van der Waals surface area contributed by atoms with E-state index in [0.29, 0.717) is 25.7 Å². The predicted molar refractivity (Wildman–Crippen MR) is 358 cm³/mol. The van der Waals surface area contributed by atoms with E-state index >= 15 is 0 Å². The Labute approximate surface area is 543 Å². The number of phosphoric ester groups is 2. The van der Waals surface area contributed by atoms with Gasteiger partial charge in [-0.15, -0.1) is 0 Å². The molecule has 3 N–H and O–H groups in total. The van der Waals surface area contributed by atoms with E-state index < -0.39 is 97.5 Å². The second-order valence-corrected chi connectivity index (χ2v) is 28.7. The summed E-state index contributed by atoms with van der Waals surface area (Å²) in [6.07, 6.45) is 50.3. The maximum absolute atomic E-state index is 13.0. The van der Waals surface area contributed by atoms with Gasteiger partial charge < -0.3 is 33.8 Å². The Kier molecular flexibility index (Phi) is 62.1. The van der Waals surface area contributed by atoms with Gasteiger partial charge in [-0.2, -0.15) is 0 Å². The minimum atomic E-state index is -4.95. The minimum Gasteiger partial charge on any atom is -0.462 e. The number of phosphoric acid groups is 2. The van der Waals surface area contributed by atoms with E-state index in [1.807, 2.05) is 0 Å². The van der Waals surface area contributed by atoms with Gasteiger partial charge in [0.15, 0.2) is 12.2 Å². The summed E-state index contributed by atoms with van der Waals surface area (Å²) in [7, 11) is -9.89. The molecule has 0 aromatic rings. The first-order valence-corrected chi connectivity index (χ1v) is 39.6. The monoisotopic (exact) mass is 1310 g/mol. The topological polar surface area (TPSA) is 237 Å². The van der Waals surface area contributed by atoms with Crippen molar-refractivity contribution in [1.29, 1.82) is 0 Å². The first-order valence-electron chi connectivity index (χ1n) is 36.6. The van der Waals surface area contributed by atoms with E-state index in [9.17, 15) is 43.2 Å². The van der Waals surface area contributed by atoms with Crippen LogP contribution in [0.15, 0.2) is 0 Å². The summed E-state index contributed by atoms with van der Waals surface area (Å²) in [5.41, 5.74) is 0. The minimum absolute atomic E-state index is 0.107. The highest BCUT2D eigenvalue weighted by Crippen LogP contribution is 2.45. The van der Waals surface area contributed by atoms with Gasteiger partial charge >= 0.3 is 39.5 Å². The average molecular weight is 1310 g/mol. The molecule has 5 atom stereocenters. The van der Waals surface area contributed by atoms with Gasteiger partial charge in [0.25, 0.3) is 0 Å². The molecule has 0 saturated carbocycles. The lowest BCUT2D eigenvalue weighted by Gasteiger charge is -2.21. The summed E-state index contributed by atoms with van der Waals surface area (Å²) in [5, 5.41) is 10.6. The molecule has 0 aromatic carbocycles. The van der Waals surface area contributed by atoms with Crippen molar-refractivity contribution in [3.8, 4) is 0 Å². The van der Waals surface area contributed by atoms with Crippen LogP contribution in [0.3, 0.4) is 0 Å². The highest BCUT2D eigenvalue weighted by atomic mass is 31.2. The summed E-state index contributed by atoms with van der Waals surface area (Å²) in [6, 6.07) is 0. The number of carbonyl (C=O) groups is 4. The number of unbranched alkanes of at least 4 members (excludes halogenated alkanes) is 42. The lowest BCUT2D eigenvalue weighted by molar-refractivity contribution is -0.161. The summed E-state index contributed by atoms with van der Waals surface area (Å²) in [4.78, 5) is 72.3. The smallest absolute Gasteiger partial charge is 0.462 e. The quantitative estimate of drug-likeness (QED) is 0.0222. The molecular formula is C70H136O17P2. The van der Waals surface area contributed by atoms with Crippen LogP contribution in [0.25, 0.3) is 0 Å². The molecule has 0 rings (SSSR count). The molecule has 0 amide bonds. The number of ether oxygens (including phenoxy) is 4. The molecule has 0 heterocycles. The number of hydrogen-bond acceptors (Lipinski definition) is 15. The van der Waals surface area contributed by atoms with Gasteiger partial charge in [-0.1, -0.05) is 311 Å². The molecule has 0 aromatic heterocycles. The molecule has 0 aliphatic heterocycles. The normalized spacial score (nSPS) is 14.1. The van der Waals surface area contributed by atoms with E-state index in [1.165, 1.54) is 180 Å². The van der Waals surface area contributed by atoms with Crippen LogP contribution < -0.4 is 0 Å².